The molecule has 2 aromatic heterocycles. The highest BCUT2D eigenvalue weighted by Crippen LogP contribution is 2.32. The van der Waals surface area contributed by atoms with Crippen molar-refractivity contribution in [2.45, 2.75) is 52.5 Å². The number of anilines is 2. The number of fused-ring (bicyclic) bond motifs is 1. The molecular weight excluding hydrogens is 354 g/mol. The molecule has 1 amide bonds. The van der Waals surface area contributed by atoms with Crippen molar-refractivity contribution >= 4 is 17.7 Å². The van der Waals surface area contributed by atoms with E-state index in [9.17, 15) is 4.79 Å². The fourth-order valence-corrected chi connectivity index (χ4v) is 4.25. The predicted octanol–water partition coefficient (Wildman–Crippen LogP) is 1.95. The van der Waals surface area contributed by atoms with Gasteiger partial charge in [0.2, 0.25) is 11.9 Å². The second-order valence-electron chi connectivity index (χ2n) is 8.28. The molecule has 1 fully saturated rings. The van der Waals surface area contributed by atoms with Crippen LogP contribution in [0.15, 0.2) is 6.20 Å². The van der Waals surface area contributed by atoms with Gasteiger partial charge >= 0.3 is 0 Å². The van der Waals surface area contributed by atoms with E-state index in [2.05, 4.69) is 27.1 Å². The molecule has 1 aliphatic carbocycles. The minimum absolute atomic E-state index is 0.233. The molecule has 1 saturated heterocycles. The van der Waals surface area contributed by atoms with E-state index in [1.54, 1.807) is 0 Å². The molecule has 8 nitrogen and oxygen atoms in total. The molecule has 0 bridgehead atoms. The fourth-order valence-electron chi connectivity index (χ4n) is 4.25. The number of hydrogen-bond acceptors (Lipinski definition) is 6. The van der Waals surface area contributed by atoms with Crippen LogP contribution >= 0.6 is 0 Å². The van der Waals surface area contributed by atoms with Gasteiger partial charge in [-0.25, -0.2) is 9.97 Å². The number of nitrogens with two attached hydrogens (primary N) is 1. The Balaban J connectivity index is 1.57. The molecule has 3 heterocycles. The standard InChI is InChI=1S/C20H29N7O/c1-12-3-4-16-15(7-12)19(23-10-18-22-9-13(2)24-18)26-20(25-16)27-6-5-14(11-27)8-17(21)28/h9,12,14H,3-8,10-11H2,1-2H3,(H2,21,28)(H,22,24)(H,23,25,26). The molecule has 2 unspecified atom stereocenters. The molecule has 28 heavy (non-hydrogen) atoms. The number of aryl methyl sites for hydroxylation is 2. The Labute approximate surface area is 165 Å². The zero-order chi connectivity index (χ0) is 19.7. The van der Waals surface area contributed by atoms with Crippen molar-refractivity contribution in [3.05, 3.63) is 29.0 Å². The smallest absolute Gasteiger partial charge is 0.227 e. The van der Waals surface area contributed by atoms with Gasteiger partial charge in [0, 0.05) is 37.0 Å². The minimum atomic E-state index is -0.233. The van der Waals surface area contributed by atoms with E-state index in [-0.39, 0.29) is 5.91 Å². The molecule has 4 N–H and O–H groups in total. The van der Waals surface area contributed by atoms with E-state index in [0.29, 0.717) is 24.8 Å². The first-order chi connectivity index (χ1) is 13.5. The van der Waals surface area contributed by atoms with Gasteiger partial charge in [0.1, 0.15) is 11.6 Å². The number of amides is 1. The third-order valence-electron chi connectivity index (χ3n) is 5.74. The summed E-state index contributed by atoms with van der Waals surface area (Å²) in [6, 6.07) is 0. The number of nitrogens with one attached hydrogen (secondary N) is 2. The van der Waals surface area contributed by atoms with E-state index >= 15 is 0 Å². The summed E-state index contributed by atoms with van der Waals surface area (Å²) in [5.41, 5.74) is 8.81. The van der Waals surface area contributed by atoms with Crippen LogP contribution in [0, 0.1) is 18.8 Å². The summed E-state index contributed by atoms with van der Waals surface area (Å²) < 4.78 is 0. The van der Waals surface area contributed by atoms with Crippen LogP contribution in [-0.4, -0.2) is 38.9 Å². The van der Waals surface area contributed by atoms with Crippen LogP contribution in [0.3, 0.4) is 0 Å². The summed E-state index contributed by atoms with van der Waals surface area (Å²) in [5, 5.41) is 3.48. The summed E-state index contributed by atoms with van der Waals surface area (Å²) in [4.78, 5) is 30.9. The van der Waals surface area contributed by atoms with E-state index in [4.69, 9.17) is 15.7 Å². The van der Waals surface area contributed by atoms with Crippen LogP contribution in [0.4, 0.5) is 11.8 Å². The lowest BCUT2D eigenvalue weighted by Crippen LogP contribution is -2.26. The van der Waals surface area contributed by atoms with Gasteiger partial charge in [-0.3, -0.25) is 4.79 Å². The number of carbonyl (C=O) groups excluding carboxylic acids is 1. The quantitative estimate of drug-likeness (QED) is 0.703. The van der Waals surface area contributed by atoms with Gasteiger partial charge in [-0.1, -0.05) is 6.92 Å². The van der Waals surface area contributed by atoms with Crippen LogP contribution in [0.25, 0.3) is 0 Å². The zero-order valence-electron chi connectivity index (χ0n) is 16.7. The van der Waals surface area contributed by atoms with Crippen molar-refractivity contribution in [1.82, 2.24) is 19.9 Å². The average Bonchev–Trinajstić information content (AvgIpc) is 3.28. The highest BCUT2D eigenvalue weighted by atomic mass is 16.1. The molecule has 8 heteroatoms. The molecule has 0 aromatic carbocycles. The van der Waals surface area contributed by atoms with Crippen molar-refractivity contribution in [3.8, 4) is 0 Å². The van der Waals surface area contributed by atoms with Gasteiger partial charge in [-0.2, -0.15) is 4.98 Å². The van der Waals surface area contributed by atoms with E-state index in [0.717, 1.165) is 67.8 Å². The van der Waals surface area contributed by atoms with Crippen molar-refractivity contribution < 1.29 is 4.79 Å². The molecular formula is C20H29N7O. The lowest BCUT2D eigenvalue weighted by atomic mass is 9.88. The van der Waals surface area contributed by atoms with Gasteiger partial charge in [-0.05, 0) is 44.4 Å². The first-order valence-corrected chi connectivity index (χ1v) is 10.2. The number of nitrogens with zero attached hydrogens (tertiary/aromatic N) is 4. The van der Waals surface area contributed by atoms with E-state index < -0.39 is 0 Å². The zero-order valence-corrected chi connectivity index (χ0v) is 16.7. The van der Waals surface area contributed by atoms with Crippen molar-refractivity contribution in [2.75, 3.05) is 23.3 Å². The second kappa shape index (κ2) is 7.77. The summed E-state index contributed by atoms with van der Waals surface area (Å²) in [7, 11) is 0. The first-order valence-electron chi connectivity index (χ1n) is 10.2. The van der Waals surface area contributed by atoms with E-state index in [1.165, 1.54) is 5.56 Å². The van der Waals surface area contributed by atoms with Gasteiger partial charge in [0.05, 0.1) is 12.2 Å². The summed E-state index contributed by atoms with van der Waals surface area (Å²) in [6.07, 6.45) is 6.36. The molecule has 150 valence electrons. The topological polar surface area (TPSA) is 113 Å². The Morgan fingerprint density at radius 1 is 1.39 bits per heavy atom. The summed E-state index contributed by atoms with van der Waals surface area (Å²) in [5.74, 6) is 3.28. The highest BCUT2D eigenvalue weighted by molar-refractivity contribution is 5.74. The largest absolute Gasteiger partial charge is 0.370 e. The number of carbonyl (C=O) groups is 1. The Kier molecular flexibility index (Phi) is 5.19. The SMILES string of the molecule is Cc1cnc(CNc2nc(N3CCC(CC(N)=O)C3)nc3c2CC(C)CC3)[nH]1. The molecule has 0 radical (unpaired) electrons. The highest BCUT2D eigenvalue weighted by Gasteiger charge is 2.28. The molecule has 4 rings (SSSR count). The molecule has 1 aliphatic heterocycles. The minimum Gasteiger partial charge on any atom is -0.370 e. The Morgan fingerprint density at radius 2 is 2.25 bits per heavy atom. The van der Waals surface area contributed by atoms with Gasteiger partial charge in [0.15, 0.2) is 0 Å². The number of imidazole rings is 1. The van der Waals surface area contributed by atoms with Crippen LogP contribution in [0.1, 0.15) is 49.0 Å². The Morgan fingerprint density at radius 3 is 3.00 bits per heavy atom. The van der Waals surface area contributed by atoms with Crippen molar-refractivity contribution in [1.29, 1.82) is 0 Å². The average molecular weight is 384 g/mol. The molecule has 2 aliphatic rings. The molecule has 0 spiro atoms. The lowest BCUT2D eigenvalue weighted by molar-refractivity contribution is -0.118. The normalized spacial score (nSPS) is 21.6. The van der Waals surface area contributed by atoms with E-state index in [1.807, 2.05) is 13.1 Å². The van der Waals surface area contributed by atoms with Crippen LogP contribution in [0.2, 0.25) is 0 Å². The first kappa shape index (κ1) is 18.7. The van der Waals surface area contributed by atoms with Crippen molar-refractivity contribution in [2.24, 2.45) is 17.6 Å². The molecule has 2 atom stereocenters. The number of hydrogen-bond donors (Lipinski definition) is 3. The molecule has 0 saturated carbocycles. The summed E-state index contributed by atoms with van der Waals surface area (Å²) >= 11 is 0. The third kappa shape index (κ3) is 4.10. The lowest BCUT2D eigenvalue weighted by Gasteiger charge is -2.26. The maximum atomic E-state index is 11.3. The van der Waals surface area contributed by atoms with Crippen LogP contribution in [-0.2, 0) is 24.2 Å². The fraction of sp³-hybridized carbons (Fsp3) is 0.600. The summed E-state index contributed by atoms with van der Waals surface area (Å²) in [6.45, 7) is 6.54. The Hall–Kier alpha value is -2.64. The maximum absolute atomic E-state index is 11.3. The van der Waals surface area contributed by atoms with Crippen LogP contribution in [0.5, 0.6) is 0 Å². The monoisotopic (exact) mass is 383 g/mol. The number of primary amides is 1. The predicted molar refractivity (Wildman–Crippen MR) is 108 cm³/mol. The number of aromatic nitrogens is 4. The number of rotatable bonds is 6. The molecule has 2 aromatic rings. The van der Waals surface area contributed by atoms with Gasteiger partial charge < -0.3 is 20.9 Å². The van der Waals surface area contributed by atoms with Crippen LogP contribution < -0.4 is 16.0 Å². The van der Waals surface area contributed by atoms with Crippen molar-refractivity contribution in [3.63, 3.8) is 0 Å². The number of H-pyrrole nitrogens is 1. The van der Waals surface area contributed by atoms with Gasteiger partial charge in [0.25, 0.3) is 0 Å². The third-order valence-corrected chi connectivity index (χ3v) is 5.74. The van der Waals surface area contributed by atoms with Gasteiger partial charge in [-0.15, -0.1) is 0 Å². The number of aromatic amines is 1. The Bertz CT molecular complexity index is 862. The second-order valence-corrected chi connectivity index (χ2v) is 8.28. The maximum Gasteiger partial charge on any atom is 0.227 e.